The predicted octanol–water partition coefficient (Wildman–Crippen LogP) is 9.00. The first-order valence-electron chi connectivity index (χ1n) is 12.5. The highest BCUT2D eigenvalue weighted by molar-refractivity contribution is 5.84. The summed E-state index contributed by atoms with van der Waals surface area (Å²) >= 11 is 0. The van der Waals surface area contributed by atoms with Crippen LogP contribution in [0.3, 0.4) is 0 Å². The Bertz CT molecular complexity index is 828. The normalized spacial score (nSPS) is 27.1. The van der Waals surface area contributed by atoms with Gasteiger partial charge < -0.3 is 0 Å². The molecule has 0 amide bonds. The van der Waals surface area contributed by atoms with Crippen LogP contribution in [0.25, 0.3) is 10.8 Å². The van der Waals surface area contributed by atoms with Crippen LogP contribution in [0.1, 0.15) is 87.7 Å². The molecule has 2 fully saturated rings. The van der Waals surface area contributed by atoms with Gasteiger partial charge in [0.1, 0.15) is 0 Å². The summed E-state index contributed by atoms with van der Waals surface area (Å²) in [6.45, 7) is 7.74. The van der Waals surface area contributed by atoms with Gasteiger partial charge in [-0.25, -0.2) is 0 Å². The van der Waals surface area contributed by atoms with Crippen molar-refractivity contribution in [2.75, 3.05) is 0 Å². The van der Waals surface area contributed by atoms with Crippen molar-refractivity contribution in [1.82, 2.24) is 0 Å². The maximum Gasteiger partial charge on any atom is -0.0162 e. The lowest BCUT2D eigenvalue weighted by Crippen LogP contribution is -2.25. The average molecular weight is 401 g/mol. The summed E-state index contributed by atoms with van der Waals surface area (Å²) in [5, 5.41) is 2.80. The van der Waals surface area contributed by atoms with E-state index in [4.69, 9.17) is 0 Å². The molecule has 0 bridgehead atoms. The lowest BCUT2D eigenvalue weighted by molar-refractivity contribution is 0.157. The van der Waals surface area contributed by atoms with Crippen molar-refractivity contribution >= 4 is 10.8 Å². The Morgan fingerprint density at radius 3 is 2.03 bits per heavy atom. The molecule has 0 saturated heterocycles. The third-order valence-electron chi connectivity index (χ3n) is 8.15. The van der Waals surface area contributed by atoms with Crippen molar-refractivity contribution in [3.8, 4) is 0 Å². The molecule has 2 saturated carbocycles. The minimum atomic E-state index is 0.773. The van der Waals surface area contributed by atoms with Gasteiger partial charge in [0.25, 0.3) is 0 Å². The van der Waals surface area contributed by atoms with Gasteiger partial charge >= 0.3 is 0 Å². The first kappa shape index (κ1) is 21.4. The summed E-state index contributed by atoms with van der Waals surface area (Å²) in [5.74, 6) is 3.76. The number of fused-ring (bicyclic) bond motifs is 1. The highest BCUT2D eigenvalue weighted by Crippen LogP contribution is 2.44. The second-order valence-corrected chi connectivity index (χ2v) is 10.0. The van der Waals surface area contributed by atoms with E-state index in [1.807, 2.05) is 6.08 Å². The molecule has 4 rings (SSSR count). The highest BCUT2D eigenvalue weighted by Gasteiger charge is 2.31. The lowest BCUT2D eigenvalue weighted by atomic mass is 9.68. The van der Waals surface area contributed by atoms with E-state index in [9.17, 15) is 0 Å². The Hall–Kier alpha value is -1.82. The fourth-order valence-corrected chi connectivity index (χ4v) is 6.22. The van der Waals surface area contributed by atoms with Gasteiger partial charge in [0, 0.05) is 0 Å². The van der Waals surface area contributed by atoms with Gasteiger partial charge in [-0.05, 0) is 110 Å². The molecule has 0 unspecified atom stereocenters. The van der Waals surface area contributed by atoms with E-state index in [1.54, 1.807) is 5.56 Å². The second kappa shape index (κ2) is 10.5. The van der Waals surface area contributed by atoms with Gasteiger partial charge in [-0.15, -0.1) is 13.2 Å². The van der Waals surface area contributed by atoms with Crippen molar-refractivity contribution in [2.45, 2.75) is 83.0 Å². The van der Waals surface area contributed by atoms with Crippen LogP contribution < -0.4 is 0 Å². The largest absolute Gasteiger partial charge is 0.103 e. The molecular weight excluding hydrogens is 360 g/mol. The molecule has 0 spiro atoms. The topological polar surface area (TPSA) is 0 Å². The summed E-state index contributed by atoms with van der Waals surface area (Å²) < 4.78 is 0. The summed E-state index contributed by atoms with van der Waals surface area (Å²) in [4.78, 5) is 0. The number of rotatable bonds is 8. The standard InChI is InChI=1S/C30H40/c1-3-5-7-23-9-12-25(13-10-23)26-15-17-27(18-16-26)29-20-19-28-21-24(8-6-4-2)11-14-30(28)22-29/h3-4,11,14,19-23,25-27H,1-2,5-10,12-13,15-18H2. The molecule has 0 aliphatic heterocycles. The van der Waals surface area contributed by atoms with E-state index in [0.717, 1.165) is 36.5 Å². The molecule has 0 nitrogen and oxygen atoms in total. The first-order chi connectivity index (χ1) is 14.8. The van der Waals surface area contributed by atoms with Crippen LogP contribution in [-0.4, -0.2) is 0 Å². The molecule has 2 aromatic carbocycles. The van der Waals surface area contributed by atoms with Gasteiger partial charge in [-0.3, -0.25) is 0 Å². The van der Waals surface area contributed by atoms with Crippen molar-refractivity contribution < 1.29 is 0 Å². The number of aryl methyl sites for hydroxylation is 1. The Kier molecular flexibility index (Phi) is 7.47. The summed E-state index contributed by atoms with van der Waals surface area (Å²) in [7, 11) is 0. The smallest absolute Gasteiger partial charge is 0.0162 e. The van der Waals surface area contributed by atoms with E-state index in [-0.39, 0.29) is 0 Å². The Morgan fingerprint density at radius 1 is 0.700 bits per heavy atom. The third kappa shape index (κ3) is 5.26. The van der Waals surface area contributed by atoms with Crippen LogP contribution in [0, 0.1) is 17.8 Å². The third-order valence-corrected chi connectivity index (χ3v) is 8.15. The van der Waals surface area contributed by atoms with Crippen LogP contribution in [0.4, 0.5) is 0 Å². The number of benzene rings is 2. The van der Waals surface area contributed by atoms with Crippen molar-refractivity contribution in [3.05, 3.63) is 72.8 Å². The first-order valence-corrected chi connectivity index (χ1v) is 12.5. The summed E-state index contributed by atoms with van der Waals surface area (Å²) in [6.07, 6.45) is 20.5. The van der Waals surface area contributed by atoms with Gasteiger partial charge in [0.05, 0.1) is 0 Å². The van der Waals surface area contributed by atoms with Crippen LogP contribution >= 0.6 is 0 Å². The Balaban J connectivity index is 1.31. The van der Waals surface area contributed by atoms with Crippen LogP contribution in [0.2, 0.25) is 0 Å². The molecule has 0 aromatic heterocycles. The molecule has 30 heavy (non-hydrogen) atoms. The summed E-state index contributed by atoms with van der Waals surface area (Å²) in [5.41, 5.74) is 3.00. The molecule has 2 aliphatic carbocycles. The zero-order valence-electron chi connectivity index (χ0n) is 18.8. The zero-order valence-corrected chi connectivity index (χ0v) is 18.8. The van der Waals surface area contributed by atoms with E-state index >= 15 is 0 Å². The number of allylic oxidation sites excluding steroid dienone is 2. The van der Waals surface area contributed by atoms with Gasteiger partial charge in [-0.2, -0.15) is 0 Å². The SMILES string of the molecule is C=CCCc1ccc2cc(C3CCC(C4CCC(CCC=C)CC4)CC3)ccc2c1. The highest BCUT2D eigenvalue weighted by atomic mass is 14.4. The van der Waals surface area contributed by atoms with Crippen LogP contribution in [0.5, 0.6) is 0 Å². The molecule has 0 N–H and O–H groups in total. The number of hydrogen-bond donors (Lipinski definition) is 0. The van der Waals surface area contributed by atoms with E-state index < -0.39 is 0 Å². The maximum absolute atomic E-state index is 3.89. The van der Waals surface area contributed by atoms with E-state index in [2.05, 4.69) is 55.6 Å². The van der Waals surface area contributed by atoms with Crippen molar-refractivity contribution in [2.24, 2.45) is 17.8 Å². The van der Waals surface area contributed by atoms with Gasteiger partial charge in [0.2, 0.25) is 0 Å². The molecule has 0 atom stereocenters. The molecule has 160 valence electrons. The van der Waals surface area contributed by atoms with E-state index in [0.29, 0.717) is 0 Å². The summed E-state index contributed by atoms with van der Waals surface area (Å²) in [6, 6.07) is 14.2. The molecule has 2 aliphatic rings. The minimum absolute atomic E-state index is 0.773. The molecule has 0 heterocycles. The van der Waals surface area contributed by atoms with E-state index in [1.165, 1.54) is 80.5 Å². The maximum atomic E-state index is 3.89. The second-order valence-electron chi connectivity index (χ2n) is 10.0. The fourth-order valence-electron chi connectivity index (χ4n) is 6.22. The van der Waals surface area contributed by atoms with Crippen LogP contribution in [-0.2, 0) is 6.42 Å². The van der Waals surface area contributed by atoms with Gasteiger partial charge in [-0.1, -0.05) is 61.4 Å². The molecule has 0 radical (unpaired) electrons. The molecule has 2 aromatic rings. The van der Waals surface area contributed by atoms with Gasteiger partial charge in [0.15, 0.2) is 0 Å². The average Bonchev–Trinajstić information content (AvgIpc) is 2.81. The molecule has 0 heteroatoms. The Labute approximate surface area is 184 Å². The fraction of sp³-hybridized carbons (Fsp3) is 0.533. The van der Waals surface area contributed by atoms with Crippen molar-refractivity contribution in [1.29, 1.82) is 0 Å². The Morgan fingerprint density at radius 2 is 1.33 bits per heavy atom. The monoisotopic (exact) mass is 400 g/mol. The van der Waals surface area contributed by atoms with Crippen LogP contribution in [0.15, 0.2) is 61.7 Å². The minimum Gasteiger partial charge on any atom is -0.103 e. The quantitative estimate of drug-likeness (QED) is 0.388. The lowest BCUT2D eigenvalue weighted by Gasteiger charge is -2.38. The zero-order chi connectivity index (χ0) is 20.8. The van der Waals surface area contributed by atoms with Crippen molar-refractivity contribution in [3.63, 3.8) is 0 Å². The number of hydrogen-bond acceptors (Lipinski definition) is 0. The predicted molar refractivity (Wildman–Crippen MR) is 132 cm³/mol. The molecular formula is C30H40.